The fourth-order valence-corrected chi connectivity index (χ4v) is 8.84. The molecule has 0 spiro atoms. The van der Waals surface area contributed by atoms with E-state index in [2.05, 4.69) is 226 Å². The Morgan fingerprint density at radius 1 is 0.328 bits per heavy atom. The van der Waals surface area contributed by atoms with Crippen LogP contribution in [0.5, 0.6) is 0 Å². The number of benzene rings is 5. The predicted octanol–water partition coefficient (Wildman–Crippen LogP) is 13.9. The normalized spacial score (nSPS) is 14.7. The van der Waals surface area contributed by atoms with Crippen molar-refractivity contribution in [3.8, 4) is 0 Å². The smallest absolute Gasteiger partial charge is 0.252 e. The molecule has 2 nitrogen and oxygen atoms in total. The maximum atomic E-state index is 2.62. The van der Waals surface area contributed by atoms with Crippen LogP contribution in [0.3, 0.4) is 0 Å². The summed E-state index contributed by atoms with van der Waals surface area (Å²) in [5, 5.41) is 0. The molecular formula is C55H71BN2. The van der Waals surface area contributed by atoms with Crippen LogP contribution in [0.25, 0.3) is 0 Å². The molecule has 0 amide bonds. The van der Waals surface area contributed by atoms with Gasteiger partial charge in [-0.05, 0) is 143 Å². The second kappa shape index (κ2) is 13.4. The van der Waals surface area contributed by atoms with E-state index in [4.69, 9.17) is 0 Å². The Balaban J connectivity index is 1.66. The van der Waals surface area contributed by atoms with Gasteiger partial charge < -0.3 is 9.80 Å². The number of anilines is 6. The molecule has 0 radical (unpaired) electrons. The van der Waals surface area contributed by atoms with E-state index in [1.165, 1.54) is 89.5 Å². The predicted molar refractivity (Wildman–Crippen MR) is 257 cm³/mol. The second-order valence-corrected chi connectivity index (χ2v) is 23.9. The first kappa shape index (κ1) is 41.9. The summed E-state index contributed by atoms with van der Waals surface area (Å²) in [5.74, 6) is 0. The van der Waals surface area contributed by atoms with Gasteiger partial charge in [0.05, 0.1) is 0 Å². The van der Waals surface area contributed by atoms with Crippen LogP contribution < -0.4 is 26.2 Å². The van der Waals surface area contributed by atoms with Gasteiger partial charge in [0.2, 0.25) is 0 Å². The van der Waals surface area contributed by atoms with Gasteiger partial charge in [0, 0.05) is 34.1 Å². The van der Waals surface area contributed by atoms with Gasteiger partial charge in [-0.25, -0.2) is 0 Å². The van der Waals surface area contributed by atoms with E-state index < -0.39 is 0 Å². The summed E-state index contributed by atoms with van der Waals surface area (Å²) in [5.41, 5.74) is 21.1. The molecule has 2 heterocycles. The fourth-order valence-electron chi connectivity index (χ4n) is 8.84. The van der Waals surface area contributed by atoms with E-state index in [1.54, 1.807) is 0 Å². The van der Waals surface area contributed by atoms with Crippen LogP contribution in [0.1, 0.15) is 164 Å². The van der Waals surface area contributed by atoms with E-state index in [-0.39, 0.29) is 39.2 Å². The lowest BCUT2D eigenvalue weighted by Gasteiger charge is -2.45. The van der Waals surface area contributed by atoms with Gasteiger partial charge in [-0.3, -0.25) is 0 Å². The molecule has 58 heavy (non-hydrogen) atoms. The summed E-state index contributed by atoms with van der Waals surface area (Å²) in [4.78, 5) is 5.25. The third-order valence-electron chi connectivity index (χ3n) is 12.8. The van der Waals surface area contributed by atoms with Gasteiger partial charge in [0.1, 0.15) is 0 Å². The van der Waals surface area contributed by atoms with Crippen molar-refractivity contribution in [2.75, 3.05) is 9.80 Å². The van der Waals surface area contributed by atoms with Crippen LogP contribution in [0.15, 0.2) is 84.9 Å². The molecule has 2 aliphatic rings. The Hall–Kier alpha value is -4.24. The molecule has 0 fully saturated rings. The third kappa shape index (κ3) is 7.46. The minimum atomic E-state index is -0.0127. The minimum Gasteiger partial charge on any atom is -0.311 e. The summed E-state index contributed by atoms with van der Waals surface area (Å²) < 4.78 is 0. The van der Waals surface area contributed by atoms with Crippen LogP contribution in [0, 0.1) is 6.92 Å². The van der Waals surface area contributed by atoms with Crippen LogP contribution >= 0.6 is 0 Å². The molecular weight excluding hydrogens is 699 g/mol. The Labute approximate surface area is 353 Å². The van der Waals surface area contributed by atoms with Crippen molar-refractivity contribution in [2.24, 2.45) is 0 Å². The zero-order valence-corrected chi connectivity index (χ0v) is 39.6. The highest BCUT2D eigenvalue weighted by Crippen LogP contribution is 2.48. The van der Waals surface area contributed by atoms with Crippen LogP contribution in [0.4, 0.5) is 34.1 Å². The third-order valence-corrected chi connectivity index (χ3v) is 12.8. The SMILES string of the molecule is Cc1cc2c3c(c1)N(c1cc(C(C)(C)C)cc(C(C)(C)C)c1)c1ccc(C(C)(C)C)cc1B3c1cc(C(C)(C)C)ccc1N2c1cc(C(C)(C)C)cc(C(C)(C)C)c1. The van der Waals surface area contributed by atoms with E-state index in [9.17, 15) is 0 Å². The highest BCUT2D eigenvalue weighted by molar-refractivity contribution is 7.00. The van der Waals surface area contributed by atoms with Gasteiger partial charge in [0.25, 0.3) is 6.71 Å². The molecule has 0 aromatic heterocycles. The topological polar surface area (TPSA) is 6.48 Å². The summed E-state index contributed by atoms with van der Waals surface area (Å²) in [7, 11) is 0. The molecule has 0 bridgehead atoms. The average Bonchev–Trinajstić information content (AvgIpc) is 3.08. The first-order valence-electron chi connectivity index (χ1n) is 21.8. The number of nitrogens with zero attached hydrogens (tertiary/aromatic N) is 2. The summed E-state index contributed by atoms with van der Waals surface area (Å²) in [6.45, 7) is 44.6. The second-order valence-electron chi connectivity index (χ2n) is 23.9. The Bertz CT molecular complexity index is 2190. The number of rotatable bonds is 2. The molecule has 0 N–H and O–H groups in total. The number of fused-ring (bicyclic) bond motifs is 4. The molecule has 0 unspecified atom stereocenters. The molecule has 5 aromatic rings. The van der Waals surface area contributed by atoms with Gasteiger partial charge in [-0.1, -0.05) is 161 Å². The molecule has 0 saturated heterocycles. The lowest BCUT2D eigenvalue weighted by atomic mass is 9.33. The lowest BCUT2D eigenvalue weighted by Crippen LogP contribution is -2.61. The maximum absolute atomic E-state index is 2.62. The van der Waals surface area contributed by atoms with Crippen LogP contribution in [-0.4, -0.2) is 6.71 Å². The zero-order valence-electron chi connectivity index (χ0n) is 39.6. The molecule has 7 rings (SSSR count). The summed E-state index contributed by atoms with van der Waals surface area (Å²) >= 11 is 0. The Morgan fingerprint density at radius 2 is 0.621 bits per heavy atom. The highest BCUT2D eigenvalue weighted by atomic mass is 15.2. The fraction of sp³-hybridized carbons (Fsp3) is 0.455. The first-order chi connectivity index (χ1) is 26.4. The average molecular weight is 771 g/mol. The van der Waals surface area contributed by atoms with Gasteiger partial charge in [0.15, 0.2) is 0 Å². The lowest BCUT2D eigenvalue weighted by molar-refractivity contribution is 0.568. The molecule has 304 valence electrons. The monoisotopic (exact) mass is 771 g/mol. The van der Waals surface area contributed by atoms with E-state index >= 15 is 0 Å². The molecule has 3 heteroatoms. The molecule has 0 atom stereocenters. The van der Waals surface area contributed by atoms with Gasteiger partial charge in [-0.2, -0.15) is 0 Å². The van der Waals surface area contributed by atoms with Gasteiger partial charge in [-0.15, -0.1) is 0 Å². The van der Waals surface area contributed by atoms with Crippen molar-refractivity contribution in [1.29, 1.82) is 0 Å². The van der Waals surface area contributed by atoms with Gasteiger partial charge >= 0.3 is 0 Å². The standard InChI is InChI=1S/C55H71BN2/c1-34-24-47-49-48(25-34)58(42-30-39(54(14,15)16)27-40(31-42)55(17,18)19)46-23-21-36(51(5,6)7)33-44(46)56(49)43-32-35(50(2,3)4)20-22-45(43)57(47)41-28-37(52(8,9)10)26-38(29-41)53(11,12)13/h20-33H,1-19H3. The Kier molecular flexibility index (Phi) is 9.67. The molecule has 2 aliphatic heterocycles. The van der Waals surface area contributed by atoms with Crippen molar-refractivity contribution >= 4 is 57.2 Å². The maximum Gasteiger partial charge on any atom is 0.252 e. The van der Waals surface area contributed by atoms with Crippen molar-refractivity contribution in [3.05, 3.63) is 124 Å². The van der Waals surface area contributed by atoms with Crippen molar-refractivity contribution in [2.45, 2.75) is 164 Å². The zero-order chi connectivity index (χ0) is 42.9. The number of aryl methyl sites for hydroxylation is 1. The van der Waals surface area contributed by atoms with Crippen LogP contribution in [-0.2, 0) is 32.5 Å². The quantitative estimate of drug-likeness (QED) is 0.162. The van der Waals surface area contributed by atoms with Crippen LogP contribution in [0.2, 0.25) is 0 Å². The molecule has 0 aliphatic carbocycles. The Morgan fingerprint density at radius 3 is 0.897 bits per heavy atom. The largest absolute Gasteiger partial charge is 0.311 e. The molecule has 5 aromatic carbocycles. The van der Waals surface area contributed by atoms with Crippen molar-refractivity contribution < 1.29 is 0 Å². The van der Waals surface area contributed by atoms with E-state index in [1.807, 2.05) is 0 Å². The van der Waals surface area contributed by atoms with Crippen molar-refractivity contribution in [3.63, 3.8) is 0 Å². The summed E-state index contributed by atoms with van der Waals surface area (Å²) in [6.07, 6.45) is 0. The van der Waals surface area contributed by atoms with Crippen molar-refractivity contribution in [1.82, 2.24) is 0 Å². The minimum absolute atomic E-state index is 0.00462. The van der Waals surface area contributed by atoms with E-state index in [0.29, 0.717) is 0 Å². The first-order valence-corrected chi connectivity index (χ1v) is 21.8. The molecule has 0 saturated carbocycles. The van der Waals surface area contributed by atoms with E-state index in [0.717, 1.165) is 0 Å². The summed E-state index contributed by atoms with van der Waals surface area (Å²) in [6, 6.07) is 34.5. The number of hydrogen-bond acceptors (Lipinski definition) is 2. The highest BCUT2D eigenvalue weighted by Gasteiger charge is 2.45. The number of hydrogen-bond donors (Lipinski definition) is 0.